The topological polar surface area (TPSA) is 93.2 Å². The van der Waals surface area contributed by atoms with Gasteiger partial charge in [-0.2, -0.15) is 0 Å². The largest absolute Gasteiger partial charge is 0.490 e. The van der Waals surface area contributed by atoms with E-state index in [1.54, 1.807) is 29.3 Å². The third kappa shape index (κ3) is 6.08. The molecule has 0 spiro atoms. The second-order valence-electron chi connectivity index (χ2n) is 9.42. The van der Waals surface area contributed by atoms with Crippen molar-refractivity contribution in [1.29, 1.82) is 0 Å². The summed E-state index contributed by atoms with van der Waals surface area (Å²) in [6.45, 7) is 5.28. The van der Waals surface area contributed by atoms with Crippen LogP contribution in [-0.4, -0.2) is 78.4 Å². The number of halogens is 1. The van der Waals surface area contributed by atoms with Gasteiger partial charge in [-0.25, -0.2) is 4.79 Å². The molecule has 0 bridgehead atoms. The normalized spacial score (nSPS) is 22.5. The number of pyridine rings is 1. The fourth-order valence-electron chi connectivity index (χ4n) is 4.84. The molecule has 2 atom stereocenters. The van der Waals surface area contributed by atoms with E-state index >= 15 is 0 Å². The summed E-state index contributed by atoms with van der Waals surface area (Å²) in [7, 11) is 0. The molecule has 2 amide bonds. The van der Waals surface area contributed by atoms with Gasteiger partial charge in [0.2, 0.25) is 0 Å². The van der Waals surface area contributed by atoms with Gasteiger partial charge in [0.05, 0.1) is 12.6 Å². The van der Waals surface area contributed by atoms with Gasteiger partial charge < -0.3 is 24.4 Å². The molecule has 4 heterocycles. The monoisotopic (exact) mass is 514 g/mol. The first-order valence-corrected chi connectivity index (χ1v) is 12.8. The van der Waals surface area contributed by atoms with Crippen molar-refractivity contribution >= 4 is 23.6 Å². The summed E-state index contributed by atoms with van der Waals surface area (Å²) < 4.78 is 17.3. The molecule has 5 rings (SSSR count). The third-order valence-electron chi connectivity index (χ3n) is 6.85. The molecule has 3 fully saturated rings. The number of aromatic nitrogens is 1. The number of rotatable bonds is 7. The van der Waals surface area contributed by atoms with E-state index in [0.717, 1.165) is 37.2 Å². The second kappa shape index (κ2) is 11.5. The van der Waals surface area contributed by atoms with Crippen LogP contribution in [0.25, 0.3) is 0 Å². The Kier molecular flexibility index (Phi) is 7.89. The molecule has 1 aromatic carbocycles. The molecule has 3 aliphatic heterocycles. The lowest BCUT2D eigenvalue weighted by Crippen LogP contribution is -2.44. The predicted octanol–water partition coefficient (Wildman–Crippen LogP) is 3.25. The minimum Gasteiger partial charge on any atom is -0.490 e. The number of hydrogen-bond donors (Lipinski definition) is 1. The summed E-state index contributed by atoms with van der Waals surface area (Å²) in [5, 5.41) is 3.57. The third-order valence-corrected chi connectivity index (χ3v) is 7.10. The Morgan fingerprint density at radius 2 is 2.06 bits per heavy atom. The van der Waals surface area contributed by atoms with Crippen molar-refractivity contribution < 1.29 is 23.8 Å². The van der Waals surface area contributed by atoms with Crippen LogP contribution in [0.5, 0.6) is 5.75 Å². The molecule has 0 saturated carbocycles. The highest BCUT2D eigenvalue weighted by Crippen LogP contribution is 2.29. The minimum atomic E-state index is -0.269. The average molecular weight is 515 g/mol. The lowest BCUT2D eigenvalue weighted by Gasteiger charge is -2.33. The zero-order chi connectivity index (χ0) is 24.9. The first-order chi connectivity index (χ1) is 17.5. The van der Waals surface area contributed by atoms with Crippen molar-refractivity contribution in [2.45, 2.75) is 44.5 Å². The molecule has 3 aliphatic rings. The number of amides is 2. The molecular formula is C26H31ClN4O5. The van der Waals surface area contributed by atoms with Crippen LogP contribution in [0.2, 0.25) is 5.02 Å². The number of fused-ring (bicyclic) bond motifs is 1. The van der Waals surface area contributed by atoms with E-state index in [1.165, 1.54) is 0 Å². The van der Waals surface area contributed by atoms with Crippen molar-refractivity contribution in [2.24, 2.45) is 0 Å². The first kappa shape index (κ1) is 24.8. The Morgan fingerprint density at radius 1 is 1.19 bits per heavy atom. The molecule has 3 saturated heterocycles. The second-order valence-corrected chi connectivity index (χ2v) is 9.85. The summed E-state index contributed by atoms with van der Waals surface area (Å²) in [5.74, 6) is 0.393. The maximum atomic E-state index is 12.9. The maximum absolute atomic E-state index is 12.9. The van der Waals surface area contributed by atoms with E-state index in [2.05, 4.69) is 15.2 Å². The average Bonchev–Trinajstić information content (AvgIpc) is 3.07. The Hall–Kier alpha value is -2.88. The number of ether oxygens (including phenoxy) is 3. The van der Waals surface area contributed by atoms with Gasteiger partial charge in [-0.15, -0.1) is 0 Å². The Morgan fingerprint density at radius 3 is 2.92 bits per heavy atom. The van der Waals surface area contributed by atoms with Gasteiger partial charge >= 0.3 is 6.09 Å². The summed E-state index contributed by atoms with van der Waals surface area (Å²) in [5.41, 5.74) is 2.19. The Balaban J connectivity index is 1.30. The van der Waals surface area contributed by atoms with Crippen LogP contribution in [0.15, 0.2) is 36.5 Å². The number of carbonyl (C=O) groups excluding carboxylic acids is 2. The van der Waals surface area contributed by atoms with Crippen LogP contribution in [0.1, 0.15) is 40.9 Å². The molecule has 1 aromatic heterocycles. The number of piperidine rings is 1. The summed E-state index contributed by atoms with van der Waals surface area (Å²) in [4.78, 5) is 33.4. The SMILES string of the molecule is O=C(NCc1ccc(Cl)cc1)c1cc(O[C@H]2CCN3C(=O)OC[C@@H]3C2)c(CN2CCCOCC2)cn1. The molecular weight excluding hydrogens is 484 g/mol. The molecule has 0 aliphatic carbocycles. The van der Waals surface area contributed by atoms with Gasteiger partial charge in [0.15, 0.2) is 0 Å². The highest BCUT2D eigenvalue weighted by Gasteiger charge is 2.39. The molecule has 2 aromatic rings. The predicted molar refractivity (Wildman–Crippen MR) is 133 cm³/mol. The molecule has 36 heavy (non-hydrogen) atoms. The van der Waals surface area contributed by atoms with Crippen LogP contribution < -0.4 is 10.1 Å². The van der Waals surface area contributed by atoms with E-state index in [4.69, 9.17) is 25.8 Å². The molecule has 0 radical (unpaired) electrons. The van der Waals surface area contributed by atoms with E-state index in [-0.39, 0.29) is 24.1 Å². The van der Waals surface area contributed by atoms with Crippen molar-refractivity contribution in [3.05, 3.63) is 58.4 Å². The van der Waals surface area contributed by atoms with Gasteiger partial charge in [-0.05, 0) is 24.1 Å². The molecule has 1 N–H and O–H groups in total. The van der Waals surface area contributed by atoms with Crippen LogP contribution in [0, 0.1) is 0 Å². The summed E-state index contributed by atoms with van der Waals surface area (Å²) in [6.07, 6.45) is 3.82. The van der Waals surface area contributed by atoms with Gasteiger partial charge in [-0.1, -0.05) is 23.7 Å². The first-order valence-electron chi connectivity index (χ1n) is 12.5. The smallest absolute Gasteiger partial charge is 0.410 e. The van der Waals surface area contributed by atoms with Crippen LogP contribution in [0.4, 0.5) is 4.79 Å². The molecule has 9 nitrogen and oxygen atoms in total. The van der Waals surface area contributed by atoms with E-state index < -0.39 is 0 Å². The van der Waals surface area contributed by atoms with E-state index in [1.807, 2.05) is 12.1 Å². The lowest BCUT2D eigenvalue weighted by atomic mass is 10.0. The van der Waals surface area contributed by atoms with E-state index in [0.29, 0.717) is 62.2 Å². The van der Waals surface area contributed by atoms with Gasteiger partial charge in [0.1, 0.15) is 24.2 Å². The minimum absolute atomic E-state index is 0.0337. The number of hydrogen-bond acceptors (Lipinski definition) is 7. The molecule has 0 unspecified atom stereocenters. The number of nitrogens with zero attached hydrogens (tertiary/aromatic N) is 3. The zero-order valence-electron chi connectivity index (χ0n) is 20.2. The standard InChI is InChI=1S/C26H31ClN4O5/c27-20-4-2-18(3-5-20)14-29-25(32)23-13-24(19(15-28-23)16-30-7-1-10-34-11-9-30)36-22-6-8-31-21(12-22)17-35-26(31)33/h2-5,13,15,21-22H,1,6-12,14,16-17H2,(H,29,32)/t21-,22-/m0/s1. The fraction of sp³-hybridized carbons (Fsp3) is 0.500. The van der Waals surface area contributed by atoms with Gasteiger partial charge in [0, 0.05) is 75.0 Å². The van der Waals surface area contributed by atoms with Crippen LogP contribution >= 0.6 is 11.6 Å². The highest BCUT2D eigenvalue weighted by atomic mass is 35.5. The van der Waals surface area contributed by atoms with Crippen LogP contribution in [-0.2, 0) is 22.6 Å². The van der Waals surface area contributed by atoms with Crippen molar-refractivity contribution in [1.82, 2.24) is 20.1 Å². The molecule has 10 heteroatoms. The Bertz CT molecular complexity index is 1070. The summed E-state index contributed by atoms with van der Waals surface area (Å²) in [6, 6.07) is 9.12. The van der Waals surface area contributed by atoms with Gasteiger partial charge in [-0.3, -0.25) is 14.7 Å². The zero-order valence-corrected chi connectivity index (χ0v) is 20.9. The summed E-state index contributed by atoms with van der Waals surface area (Å²) >= 11 is 5.95. The Labute approximate surface area is 215 Å². The van der Waals surface area contributed by atoms with Crippen LogP contribution in [0.3, 0.4) is 0 Å². The van der Waals surface area contributed by atoms with Gasteiger partial charge in [0.25, 0.3) is 5.91 Å². The van der Waals surface area contributed by atoms with Crippen molar-refractivity contribution in [2.75, 3.05) is 39.5 Å². The number of cyclic esters (lactones) is 1. The number of nitrogens with one attached hydrogen (secondary N) is 1. The maximum Gasteiger partial charge on any atom is 0.410 e. The fourth-order valence-corrected chi connectivity index (χ4v) is 4.97. The number of carbonyl (C=O) groups is 2. The quantitative estimate of drug-likeness (QED) is 0.606. The lowest BCUT2D eigenvalue weighted by molar-refractivity contribution is 0.0899. The van der Waals surface area contributed by atoms with Crippen molar-refractivity contribution in [3.8, 4) is 5.75 Å². The van der Waals surface area contributed by atoms with E-state index in [9.17, 15) is 9.59 Å². The van der Waals surface area contributed by atoms with Crippen molar-refractivity contribution in [3.63, 3.8) is 0 Å². The number of benzene rings is 1. The molecule has 192 valence electrons. The highest BCUT2D eigenvalue weighted by molar-refractivity contribution is 6.30.